The van der Waals surface area contributed by atoms with E-state index in [0.29, 0.717) is 5.69 Å². The number of pyridine rings is 1. The summed E-state index contributed by atoms with van der Waals surface area (Å²) in [4.78, 5) is 14.4. The van der Waals surface area contributed by atoms with Gasteiger partial charge in [-0.05, 0) is 30.7 Å². The zero-order valence-electron chi connectivity index (χ0n) is 10.2. The molecule has 1 aromatic heterocycles. The monoisotopic (exact) mass is 240 g/mol. The lowest BCUT2D eigenvalue weighted by Crippen LogP contribution is -2.11. The molecule has 0 unspecified atom stereocenters. The fourth-order valence-electron chi connectivity index (χ4n) is 1.80. The van der Waals surface area contributed by atoms with Crippen molar-refractivity contribution in [1.82, 2.24) is 4.98 Å². The first-order chi connectivity index (χ1) is 8.65. The largest absolute Gasteiger partial charge is 0.497 e. The van der Waals surface area contributed by atoms with Crippen molar-refractivity contribution in [2.24, 2.45) is 0 Å². The summed E-state index contributed by atoms with van der Waals surface area (Å²) in [7, 11) is 1.59. The summed E-state index contributed by atoms with van der Waals surface area (Å²) in [6, 6.07) is 10.9. The van der Waals surface area contributed by atoms with Gasteiger partial charge in [0.05, 0.1) is 12.8 Å². The lowest BCUT2D eigenvalue weighted by Gasteiger charge is -2.07. The van der Waals surface area contributed by atoms with E-state index in [9.17, 15) is 4.79 Å². The molecular formula is C14H12N2O2. The lowest BCUT2D eigenvalue weighted by atomic mass is 10.1. The number of rotatable bonds is 2. The van der Waals surface area contributed by atoms with Crippen LogP contribution in [0.5, 0.6) is 5.75 Å². The number of hydrogen-bond acceptors (Lipinski definition) is 3. The number of nitriles is 1. The Bertz CT molecular complexity index is 681. The molecule has 0 saturated heterocycles. The maximum Gasteiger partial charge on any atom is 0.266 e. The number of benzene rings is 1. The molecule has 0 saturated carbocycles. The van der Waals surface area contributed by atoms with Crippen LogP contribution < -0.4 is 10.3 Å². The Morgan fingerprint density at radius 3 is 2.78 bits per heavy atom. The van der Waals surface area contributed by atoms with Crippen LogP contribution in [-0.2, 0) is 0 Å². The topological polar surface area (TPSA) is 65.9 Å². The standard InChI is InChI=1S/C14H12N2O2/c1-9-6-11(8-15)14(17)16-13(9)10-4-3-5-12(7-10)18-2/h3-7H,1-2H3,(H,16,17). The van der Waals surface area contributed by atoms with Crippen molar-refractivity contribution >= 4 is 0 Å². The van der Waals surface area contributed by atoms with Crippen LogP contribution in [0, 0.1) is 18.3 Å². The van der Waals surface area contributed by atoms with Crippen LogP contribution >= 0.6 is 0 Å². The van der Waals surface area contributed by atoms with E-state index in [1.807, 2.05) is 37.3 Å². The van der Waals surface area contributed by atoms with Gasteiger partial charge in [0.15, 0.2) is 0 Å². The molecule has 4 heteroatoms. The molecule has 0 aliphatic rings. The van der Waals surface area contributed by atoms with Gasteiger partial charge in [-0.3, -0.25) is 4.79 Å². The summed E-state index contributed by atoms with van der Waals surface area (Å²) >= 11 is 0. The van der Waals surface area contributed by atoms with Crippen molar-refractivity contribution in [1.29, 1.82) is 5.26 Å². The number of aryl methyl sites for hydroxylation is 1. The third-order valence-corrected chi connectivity index (χ3v) is 2.72. The van der Waals surface area contributed by atoms with Gasteiger partial charge in [0.1, 0.15) is 17.4 Å². The molecule has 2 aromatic rings. The van der Waals surface area contributed by atoms with Crippen molar-refractivity contribution < 1.29 is 4.74 Å². The maximum absolute atomic E-state index is 11.6. The third kappa shape index (κ3) is 2.11. The van der Waals surface area contributed by atoms with E-state index >= 15 is 0 Å². The Hall–Kier alpha value is -2.54. The molecular weight excluding hydrogens is 228 g/mol. The molecule has 2 rings (SSSR count). The molecule has 1 aromatic carbocycles. The number of aromatic nitrogens is 1. The molecule has 0 radical (unpaired) electrons. The minimum atomic E-state index is -0.374. The van der Waals surface area contributed by atoms with E-state index < -0.39 is 0 Å². The first-order valence-electron chi connectivity index (χ1n) is 5.44. The zero-order chi connectivity index (χ0) is 13.1. The van der Waals surface area contributed by atoms with E-state index in [1.54, 1.807) is 13.2 Å². The Kier molecular flexibility index (Phi) is 3.16. The highest BCUT2D eigenvalue weighted by molar-refractivity contribution is 5.65. The van der Waals surface area contributed by atoms with Gasteiger partial charge in [0.2, 0.25) is 0 Å². The highest BCUT2D eigenvalue weighted by Crippen LogP contribution is 2.24. The van der Waals surface area contributed by atoms with Crippen molar-refractivity contribution in [2.45, 2.75) is 6.92 Å². The van der Waals surface area contributed by atoms with Crippen LogP contribution in [0.15, 0.2) is 35.1 Å². The molecule has 0 aliphatic carbocycles. The fourth-order valence-corrected chi connectivity index (χ4v) is 1.80. The third-order valence-electron chi connectivity index (χ3n) is 2.72. The van der Waals surface area contributed by atoms with Crippen LogP contribution in [0.2, 0.25) is 0 Å². The van der Waals surface area contributed by atoms with Crippen molar-refractivity contribution in [3.05, 3.63) is 51.8 Å². The van der Waals surface area contributed by atoms with Crippen LogP contribution in [0.4, 0.5) is 0 Å². The molecule has 0 atom stereocenters. The van der Waals surface area contributed by atoms with Gasteiger partial charge >= 0.3 is 0 Å². The molecule has 4 nitrogen and oxygen atoms in total. The summed E-state index contributed by atoms with van der Waals surface area (Å²) in [5.74, 6) is 0.720. The number of nitrogens with one attached hydrogen (secondary N) is 1. The quantitative estimate of drug-likeness (QED) is 0.875. The second-order valence-electron chi connectivity index (χ2n) is 3.91. The summed E-state index contributed by atoms with van der Waals surface area (Å²) in [5, 5.41) is 8.80. The molecule has 0 spiro atoms. The number of hydrogen-bond donors (Lipinski definition) is 1. The van der Waals surface area contributed by atoms with Crippen LogP contribution in [0.3, 0.4) is 0 Å². The van der Waals surface area contributed by atoms with Gasteiger partial charge in [-0.1, -0.05) is 12.1 Å². The van der Waals surface area contributed by atoms with E-state index in [0.717, 1.165) is 16.9 Å². The van der Waals surface area contributed by atoms with Crippen LogP contribution in [-0.4, -0.2) is 12.1 Å². The minimum Gasteiger partial charge on any atom is -0.497 e. The van der Waals surface area contributed by atoms with Crippen molar-refractivity contribution in [3.63, 3.8) is 0 Å². The van der Waals surface area contributed by atoms with Crippen molar-refractivity contribution in [3.8, 4) is 23.1 Å². The van der Waals surface area contributed by atoms with Crippen LogP contribution in [0.1, 0.15) is 11.1 Å². The van der Waals surface area contributed by atoms with E-state index in [4.69, 9.17) is 10.00 Å². The fraction of sp³-hybridized carbons (Fsp3) is 0.143. The highest BCUT2D eigenvalue weighted by atomic mass is 16.5. The second kappa shape index (κ2) is 4.76. The lowest BCUT2D eigenvalue weighted by molar-refractivity contribution is 0.415. The van der Waals surface area contributed by atoms with E-state index in [1.165, 1.54) is 0 Å². The Morgan fingerprint density at radius 1 is 1.33 bits per heavy atom. The van der Waals surface area contributed by atoms with Gasteiger partial charge in [-0.2, -0.15) is 5.26 Å². The smallest absolute Gasteiger partial charge is 0.266 e. The number of nitrogens with zero attached hydrogens (tertiary/aromatic N) is 1. The first kappa shape index (κ1) is 11.9. The summed E-state index contributed by atoms with van der Waals surface area (Å²) < 4.78 is 5.15. The van der Waals surface area contributed by atoms with E-state index in [-0.39, 0.29) is 11.1 Å². The average Bonchev–Trinajstić information content (AvgIpc) is 2.41. The predicted octanol–water partition coefficient (Wildman–Crippen LogP) is 2.23. The molecule has 18 heavy (non-hydrogen) atoms. The van der Waals surface area contributed by atoms with Gasteiger partial charge in [0.25, 0.3) is 5.56 Å². The molecule has 0 aliphatic heterocycles. The zero-order valence-corrected chi connectivity index (χ0v) is 10.2. The predicted molar refractivity (Wildman–Crippen MR) is 68.5 cm³/mol. The molecule has 1 heterocycles. The molecule has 90 valence electrons. The molecule has 0 bridgehead atoms. The number of H-pyrrole nitrogens is 1. The molecule has 0 fully saturated rings. The Morgan fingerprint density at radius 2 is 2.11 bits per heavy atom. The highest BCUT2D eigenvalue weighted by Gasteiger charge is 2.07. The minimum absolute atomic E-state index is 0.124. The summed E-state index contributed by atoms with van der Waals surface area (Å²) in [6.07, 6.45) is 0. The van der Waals surface area contributed by atoms with Gasteiger partial charge in [0, 0.05) is 5.56 Å². The number of aromatic amines is 1. The summed E-state index contributed by atoms with van der Waals surface area (Å²) in [5.41, 5.74) is 2.16. The average molecular weight is 240 g/mol. The number of methoxy groups -OCH3 is 1. The van der Waals surface area contributed by atoms with Gasteiger partial charge < -0.3 is 9.72 Å². The molecule has 0 amide bonds. The van der Waals surface area contributed by atoms with E-state index in [2.05, 4.69) is 4.98 Å². The van der Waals surface area contributed by atoms with Gasteiger partial charge in [-0.15, -0.1) is 0 Å². The van der Waals surface area contributed by atoms with Gasteiger partial charge in [-0.25, -0.2) is 0 Å². The Labute approximate surface area is 104 Å². The maximum atomic E-state index is 11.6. The Balaban J connectivity index is 2.61. The normalized spacial score (nSPS) is 9.83. The number of ether oxygens (including phenoxy) is 1. The molecule has 1 N–H and O–H groups in total. The SMILES string of the molecule is COc1cccc(-c2[nH]c(=O)c(C#N)cc2C)c1. The van der Waals surface area contributed by atoms with Crippen LogP contribution in [0.25, 0.3) is 11.3 Å². The first-order valence-corrected chi connectivity index (χ1v) is 5.44. The second-order valence-corrected chi connectivity index (χ2v) is 3.91. The van der Waals surface area contributed by atoms with Crippen molar-refractivity contribution in [2.75, 3.05) is 7.11 Å². The summed E-state index contributed by atoms with van der Waals surface area (Å²) in [6.45, 7) is 1.85.